The van der Waals surface area contributed by atoms with Crippen LogP contribution in [0.3, 0.4) is 0 Å². The van der Waals surface area contributed by atoms with Crippen molar-refractivity contribution in [3.63, 3.8) is 0 Å². The van der Waals surface area contributed by atoms with Crippen molar-refractivity contribution in [3.05, 3.63) is 57.7 Å². The van der Waals surface area contributed by atoms with Crippen LogP contribution in [0.25, 0.3) is 10.4 Å². The molecule has 1 unspecified atom stereocenters. The first-order valence-electron chi connectivity index (χ1n) is 7.32. The molecule has 130 valence electrons. The normalized spacial score (nSPS) is 11.9. The summed E-state index contributed by atoms with van der Waals surface area (Å²) < 4.78 is 9.48. The van der Waals surface area contributed by atoms with Gasteiger partial charge in [-0.15, -0.1) is 0 Å². The lowest BCUT2D eigenvalue weighted by molar-refractivity contribution is -0.145. The number of esters is 2. The second-order valence-corrected chi connectivity index (χ2v) is 4.66. The van der Waals surface area contributed by atoms with Gasteiger partial charge in [0.15, 0.2) is 5.57 Å². The van der Waals surface area contributed by atoms with Crippen molar-refractivity contribution in [2.45, 2.75) is 19.4 Å². The van der Waals surface area contributed by atoms with Gasteiger partial charge in [-0.3, -0.25) is 0 Å². The number of hydrogen-bond acceptors (Lipinski definition) is 7. The summed E-state index contributed by atoms with van der Waals surface area (Å²) in [6.07, 6.45) is 0.198. The number of carbonyl (C=O) groups excluding carboxylic acids is 2. The van der Waals surface area contributed by atoms with Crippen LogP contribution < -0.4 is 5.32 Å². The Morgan fingerprint density at radius 3 is 2.60 bits per heavy atom. The molecule has 0 aliphatic heterocycles. The molecule has 0 radical (unpaired) electrons. The highest BCUT2D eigenvalue weighted by atomic mass is 16.5. The zero-order valence-electron chi connectivity index (χ0n) is 13.8. The summed E-state index contributed by atoms with van der Waals surface area (Å²) in [7, 11) is 1.08. The Morgan fingerprint density at radius 2 is 2.08 bits per heavy atom. The van der Waals surface area contributed by atoms with E-state index in [0.717, 1.165) is 12.7 Å². The average Bonchev–Trinajstić information content (AvgIpc) is 2.62. The maximum Gasteiger partial charge on any atom is 0.350 e. The number of nitriles is 1. The molecule has 0 amide bonds. The quantitative estimate of drug-likeness (QED) is 0.191. The van der Waals surface area contributed by atoms with Crippen LogP contribution in [0.5, 0.6) is 0 Å². The van der Waals surface area contributed by atoms with Gasteiger partial charge in [0.25, 0.3) is 0 Å². The zero-order valence-corrected chi connectivity index (χ0v) is 13.8. The number of nitrogens with zero attached hydrogens (tertiary/aromatic N) is 4. The number of carbonyl (C=O) groups is 2. The minimum atomic E-state index is -0.986. The van der Waals surface area contributed by atoms with E-state index in [4.69, 9.17) is 15.5 Å². The van der Waals surface area contributed by atoms with Crippen LogP contribution >= 0.6 is 0 Å². The smallest absolute Gasteiger partial charge is 0.350 e. The van der Waals surface area contributed by atoms with Gasteiger partial charge in [-0.25, -0.2) is 9.59 Å². The molecule has 0 aliphatic carbocycles. The van der Waals surface area contributed by atoms with Crippen LogP contribution in [0.15, 0.2) is 46.8 Å². The molecule has 1 atom stereocenters. The molecular formula is C16H17N5O4. The summed E-state index contributed by atoms with van der Waals surface area (Å²) in [5.41, 5.74) is 8.96. The summed E-state index contributed by atoms with van der Waals surface area (Å²) in [6.45, 7) is 1.80. The number of ether oxygens (including phenoxy) is 2. The van der Waals surface area contributed by atoms with E-state index < -0.39 is 29.4 Å². The molecule has 0 fully saturated rings. The van der Waals surface area contributed by atoms with Crippen LogP contribution in [0.4, 0.5) is 0 Å². The first kappa shape index (κ1) is 19.5. The molecule has 1 rings (SSSR count). The zero-order chi connectivity index (χ0) is 18.7. The number of benzene rings is 1. The van der Waals surface area contributed by atoms with Crippen LogP contribution in [0.2, 0.25) is 0 Å². The molecule has 9 heteroatoms. The largest absolute Gasteiger partial charge is 0.465 e. The van der Waals surface area contributed by atoms with E-state index in [1.807, 2.05) is 6.07 Å². The average molecular weight is 343 g/mol. The van der Waals surface area contributed by atoms with Crippen molar-refractivity contribution in [1.82, 2.24) is 5.32 Å². The summed E-state index contributed by atoms with van der Waals surface area (Å²) >= 11 is 0. The van der Waals surface area contributed by atoms with Gasteiger partial charge < -0.3 is 14.8 Å². The van der Waals surface area contributed by atoms with E-state index in [1.165, 1.54) is 0 Å². The van der Waals surface area contributed by atoms with Crippen molar-refractivity contribution in [1.29, 1.82) is 5.26 Å². The van der Waals surface area contributed by atoms with E-state index in [1.54, 1.807) is 37.3 Å². The second-order valence-electron chi connectivity index (χ2n) is 4.66. The van der Waals surface area contributed by atoms with Gasteiger partial charge in [-0.05, 0) is 23.1 Å². The minimum absolute atomic E-state index is 0.147. The molecule has 9 nitrogen and oxygen atoms in total. The molecule has 0 heterocycles. The Labute approximate surface area is 144 Å². The van der Waals surface area contributed by atoms with Crippen molar-refractivity contribution < 1.29 is 19.1 Å². The lowest BCUT2D eigenvalue weighted by Gasteiger charge is -2.19. The third kappa shape index (κ3) is 5.89. The second kappa shape index (κ2) is 10.3. The fraction of sp³-hybridized carbons (Fsp3) is 0.312. The van der Waals surface area contributed by atoms with Crippen LogP contribution in [0, 0.1) is 11.3 Å². The van der Waals surface area contributed by atoms with Crippen molar-refractivity contribution in [2.24, 2.45) is 5.11 Å². The highest BCUT2D eigenvalue weighted by Crippen LogP contribution is 2.11. The van der Waals surface area contributed by atoms with Crippen molar-refractivity contribution in [3.8, 4) is 6.07 Å². The molecule has 0 bridgehead atoms. The predicted molar refractivity (Wildman–Crippen MR) is 87.5 cm³/mol. The number of rotatable bonds is 8. The first-order chi connectivity index (χ1) is 12.1. The molecule has 1 aromatic carbocycles. The fourth-order valence-corrected chi connectivity index (χ4v) is 1.94. The molecular weight excluding hydrogens is 326 g/mol. The van der Waals surface area contributed by atoms with E-state index in [0.29, 0.717) is 0 Å². The van der Waals surface area contributed by atoms with Crippen LogP contribution in [-0.2, 0) is 25.5 Å². The maximum atomic E-state index is 12.2. The van der Waals surface area contributed by atoms with Gasteiger partial charge in [0, 0.05) is 11.3 Å². The SMILES string of the molecule is CCOC(=O)C(Cc1ccccc1)N/C(N=[N+]=[N-])=C(/C#N)C(=O)OC. The monoisotopic (exact) mass is 343 g/mol. The van der Waals surface area contributed by atoms with Gasteiger partial charge >= 0.3 is 11.9 Å². The third-order valence-corrected chi connectivity index (χ3v) is 3.05. The molecule has 0 aliphatic rings. The number of methoxy groups -OCH3 is 1. The summed E-state index contributed by atoms with van der Waals surface area (Å²) in [6, 6.07) is 9.68. The standard InChI is InChI=1S/C16H17N5O4/c1-3-25-16(23)13(9-11-7-5-4-6-8-11)19-14(20-21-18)12(10-17)15(22)24-2/h4-8,13,19H,3,9H2,1-2H3/b14-12+. The molecule has 1 N–H and O–H groups in total. The summed E-state index contributed by atoms with van der Waals surface area (Å²) in [5.74, 6) is -2.00. The number of nitrogens with one attached hydrogen (secondary N) is 1. The Kier molecular flexibility index (Phi) is 8.06. The van der Waals surface area contributed by atoms with E-state index in [9.17, 15) is 9.59 Å². The van der Waals surface area contributed by atoms with E-state index in [-0.39, 0.29) is 13.0 Å². The Balaban J connectivity index is 3.21. The molecule has 1 aromatic rings. The Bertz CT molecular complexity index is 733. The molecule has 0 saturated carbocycles. The van der Waals surface area contributed by atoms with Crippen LogP contribution in [-0.4, -0.2) is 31.7 Å². The fourth-order valence-electron chi connectivity index (χ4n) is 1.94. The minimum Gasteiger partial charge on any atom is -0.465 e. The highest BCUT2D eigenvalue weighted by molar-refractivity contribution is 5.93. The summed E-state index contributed by atoms with van der Waals surface area (Å²) in [4.78, 5) is 26.4. The lowest BCUT2D eigenvalue weighted by Crippen LogP contribution is -2.39. The van der Waals surface area contributed by atoms with Gasteiger partial charge in [0.2, 0.25) is 0 Å². The topological polar surface area (TPSA) is 137 Å². The Hall–Kier alpha value is -3.50. The number of azide groups is 1. The highest BCUT2D eigenvalue weighted by Gasteiger charge is 2.24. The Morgan fingerprint density at radius 1 is 1.40 bits per heavy atom. The number of hydrogen-bond donors (Lipinski definition) is 1. The van der Waals surface area contributed by atoms with Gasteiger partial charge in [-0.2, -0.15) is 5.26 Å². The van der Waals surface area contributed by atoms with Gasteiger partial charge in [-0.1, -0.05) is 30.3 Å². The van der Waals surface area contributed by atoms with Gasteiger partial charge in [0.05, 0.1) is 13.7 Å². The predicted octanol–water partition coefficient (Wildman–Crippen LogP) is 1.97. The third-order valence-electron chi connectivity index (χ3n) is 3.05. The van der Waals surface area contributed by atoms with Crippen molar-refractivity contribution >= 4 is 11.9 Å². The lowest BCUT2D eigenvalue weighted by atomic mass is 10.1. The van der Waals surface area contributed by atoms with Crippen molar-refractivity contribution in [2.75, 3.05) is 13.7 Å². The molecule has 0 aromatic heterocycles. The molecule has 0 saturated heterocycles. The van der Waals surface area contributed by atoms with Crippen LogP contribution in [0.1, 0.15) is 12.5 Å². The molecule has 25 heavy (non-hydrogen) atoms. The van der Waals surface area contributed by atoms with E-state index in [2.05, 4.69) is 20.1 Å². The maximum absolute atomic E-state index is 12.2. The first-order valence-corrected chi connectivity index (χ1v) is 7.32. The summed E-state index contributed by atoms with van der Waals surface area (Å²) in [5, 5.41) is 15.0. The molecule has 0 spiro atoms. The van der Waals surface area contributed by atoms with Gasteiger partial charge in [0.1, 0.15) is 17.9 Å². The van der Waals surface area contributed by atoms with E-state index >= 15 is 0 Å².